The Morgan fingerprint density at radius 2 is 2.12 bits per heavy atom. The van der Waals surface area contributed by atoms with Gasteiger partial charge >= 0.3 is 0 Å². The molecule has 4 nitrogen and oxygen atoms in total. The second-order valence-corrected chi connectivity index (χ2v) is 4.25. The van der Waals surface area contributed by atoms with Gasteiger partial charge in [0.15, 0.2) is 0 Å². The molecule has 0 aliphatic rings. The van der Waals surface area contributed by atoms with E-state index in [1.165, 1.54) is 0 Å². The van der Waals surface area contributed by atoms with E-state index in [1.807, 2.05) is 29.6 Å². The fourth-order valence-corrected chi connectivity index (χ4v) is 1.84. The highest BCUT2D eigenvalue weighted by Gasteiger charge is 1.98. The molecule has 0 amide bonds. The van der Waals surface area contributed by atoms with Crippen LogP contribution >= 0.6 is 11.3 Å². The number of nitrogens with zero attached hydrogens (tertiary/aromatic N) is 1. The summed E-state index contributed by atoms with van der Waals surface area (Å²) in [6, 6.07) is 7.47. The predicted molar refractivity (Wildman–Crippen MR) is 66.9 cm³/mol. The molecule has 0 bridgehead atoms. The van der Waals surface area contributed by atoms with Gasteiger partial charge in [-0.2, -0.15) is 0 Å². The van der Waals surface area contributed by atoms with Crippen LogP contribution in [0.25, 0.3) is 0 Å². The molecule has 1 aromatic carbocycles. The highest BCUT2D eigenvalue weighted by atomic mass is 32.1. The lowest BCUT2D eigenvalue weighted by Gasteiger charge is -2.05. The van der Waals surface area contributed by atoms with Gasteiger partial charge in [-0.25, -0.2) is 4.98 Å². The van der Waals surface area contributed by atoms with E-state index in [9.17, 15) is 0 Å². The number of aromatic nitrogens is 1. The number of rotatable bonds is 4. The molecule has 5 heteroatoms. The molecule has 0 radical (unpaired) electrons. The minimum Gasteiger partial charge on any atom is -0.384 e. The van der Waals surface area contributed by atoms with E-state index < -0.39 is 0 Å². The fourth-order valence-electron chi connectivity index (χ4n) is 1.29. The van der Waals surface area contributed by atoms with E-state index in [0.29, 0.717) is 0 Å². The lowest BCUT2D eigenvalue weighted by molar-refractivity contribution is 1.10. The first-order valence-electron chi connectivity index (χ1n) is 4.82. The minimum atomic E-state index is 0.0893. The highest BCUT2D eigenvalue weighted by Crippen LogP contribution is 2.11. The van der Waals surface area contributed by atoms with Crippen LogP contribution in [0.15, 0.2) is 35.8 Å². The van der Waals surface area contributed by atoms with Gasteiger partial charge in [-0.1, -0.05) is 0 Å². The van der Waals surface area contributed by atoms with Crippen molar-refractivity contribution in [1.82, 2.24) is 4.98 Å². The summed E-state index contributed by atoms with van der Waals surface area (Å²) in [5.41, 5.74) is 7.11. The Morgan fingerprint density at radius 3 is 2.69 bits per heavy atom. The summed E-state index contributed by atoms with van der Waals surface area (Å²) in [4.78, 5) is 4.18. The van der Waals surface area contributed by atoms with Crippen LogP contribution < -0.4 is 11.1 Å². The number of hydrogen-bond acceptors (Lipinski definition) is 4. The summed E-state index contributed by atoms with van der Waals surface area (Å²) in [6.07, 6.45) is 1.79. The molecule has 2 aromatic rings. The van der Waals surface area contributed by atoms with Crippen LogP contribution in [0.2, 0.25) is 0 Å². The van der Waals surface area contributed by atoms with Gasteiger partial charge in [-0.15, -0.1) is 11.3 Å². The summed E-state index contributed by atoms with van der Waals surface area (Å²) in [7, 11) is 0. The number of hydrogen-bond donors (Lipinski definition) is 3. The van der Waals surface area contributed by atoms with Crippen molar-refractivity contribution in [2.24, 2.45) is 5.73 Å². The Hall–Kier alpha value is -1.88. The van der Waals surface area contributed by atoms with Crippen LogP contribution in [0.4, 0.5) is 5.69 Å². The topological polar surface area (TPSA) is 74.8 Å². The quantitative estimate of drug-likeness (QED) is 0.558. The number of amidine groups is 1. The number of benzene rings is 1. The number of nitrogens with one attached hydrogen (secondary N) is 2. The first-order valence-corrected chi connectivity index (χ1v) is 5.70. The minimum absolute atomic E-state index is 0.0893. The number of thiazole rings is 1. The van der Waals surface area contributed by atoms with E-state index in [2.05, 4.69) is 10.3 Å². The van der Waals surface area contributed by atoms with Crippen LogP contribution in [0.3, 0.4) is 0 Å². The molecular formula is C11H12N4S. The normalized spacial score (nSPS) is 10.0. The zero-order valence-corrected chi connectivity index (χ0v) is 9.42. The van der Waals surface area contributed by atoms with Gasteiger partial charge in [-0.3, -0.25) is 5.41 Å². The molecule has 1 aromatic heterocycles. The third-order valence-corrected chi connectivity index (χ3v) is 2.90. The summed E-state index contributed by atoms with van der Waals surface area (Å²) < 4.78 is 0. The summed E-state index contributed by atoms with van der Waals surface area (Å²) >= 11 is 1.62. The SMILES string of the molecule is N=C(N)c1ccc(NCc2nccs2)cc1. The van der Waals surface area contributed by atoms with Gasteiger partial charge < -0.3 is 11.1 Å². The predicted octanol–water partition coefficient (Wildman–Crippen LogP) is 2.04. The lowest BCUT2D eigenvalue weighted by atomic mass is 10.2. The first-order chi connectivity index (χ1) is 7.75. The number of nitrogen functional groups attached to an aromatic ring is 1. The molecule has 0 fully saturated rings. The Balaban J connectivity index is 1.98. The second-order valence-electron chi connectivity index (χ2n) is 3.27. The summed E-state index contributed by atoms with van der Waals surface area (Å²) in [6.45, 7) is 0.719. The number of nitrogens with two attached hydrogens (primary N) is 1. The molecule has 0 saturated carbocycles. The van der Waals surface area contributed by atoms with Crippen LogP contribution in [0.5, 0.6) is 0 Å². The summed E-state index contributed by atoms with van der Waals surface area (Å²) in [5, 5.41) is 13.5. The monoisotopic (exact) mass is 232 g/mol. The van der Waals surface area contributed by atoms with E-state index in [1.54, 1.807) is 17.5 Å². The van der Waals surface area contributed by atoms with Crippen LogP contribution in [0, 0.1) is 5.41 Å². The Bertz CT molecular complexity index is 461. The van der Waals surface area contributed by atoms with Crippen molar-refractivity contribution >= 4 is 22.9 Å². The molecular weight excluding hydrogens is 220 g/mol. The Labute approximate surface area is 97.7 Å². The van der Waals surface area contributed by atoms with Crippen molar-refractivity contribution in [3.05, 3.63) is 46.4 Å². The van der Waals surface area contributed by atoms with Crippen molar-refractivity contribution < 1.29 is 0 Å². The van der Waals surface area contributed by atoms with E-state index >= 15 is 0 Å². The summed E-state index contributed by atoms with van der Waals surface area (Å²) in [5.74, 6) is 0.0893. The first kappa shape index (κ1) is 10.6. The molecule has 0 spiro atoms. The Kier molecular flexibility index (Phi) is 3.16. The smallest absolute Gasteiger partial charge is 0.122 e. The van der Waals surface area contributed by atoms with Crippen molar-refractivity contribution in [1.29, 1.82) is 5.41 Å². The largest absolute Gasteiger partial charge is 0.384 e. The zero-order valence-electron chi connectivity index (χ0n) is 8.60. The molecule has 0 unspecified atom stereocenters. The Morgan fingerprint density at radius 1 is 1.38 bits per heavy atom. The average molecular weight is 232 g/mol. The van der Waals surface area contributed by atoms with Gasteiger partial charge in [0, 0.05) is 22.8 Å². The van der Waals surface area contributed by atoms with Gasteiger partial charge in [0.1, 0.15) is 10.8 Å². The third kappa shape index (κ3) is 2.58. The van der Waals surface area contributed by atoms with Gasteiger partial charge in [0.25, 0.3) is 0 Å². The maximum atomic E-state index is 7.27. The second kappa shape index (κ2) is 4.76. The highest BCUT2D eigenvalue weighted by molar-refractivity contribution is 7.09. The van der Waals surface area contributed by atoms with Gasteiger partial charge in [0.05, 0.1) is 6.54 Å². The van der Waals surface area contributed by atoms with E-state index in [4.69, 9.17) is 11.1 Å². The molecule has 4 N–H and O–H groups in total. The molecule has 0 aliphatic heterocycles. The molecule has 1 heterocycles. The van der Waals surface area contributed by atoms with E-state index in [0.717, 1.165) is 22.8 Å². The van der Waals surface area contributed by atoms with E-state index in [-0.39, 0.29) is 5.84 Å². The van der Waals surface area contributed by atoms with Crippen molar-refractivity contribution in [2.75, 3.05) is 5.32 Å². The maximum absolute atomic E-state index is 7.27. The molecule has 2 rings (SSSR count). The average Bonchev–Trinajstić information content (AvgIpc) is 2.80. The molecule has 0 aliphatic carbocycles. The van der Waals surface area contributed by atoms with Crippen molar-refractivity contribution in [2.45, 2.75) is 6.54 Å². The number of anilines is 1. The zero-order chi connectivity index (χ0) is 11.4. The van der Waals surface area contributed by atoms with Gasteiger partial charge in [-0.05, 0) is 24.3 Å². The fraction of sp³-hybridized carbons (Fsp3) is 0.0909. The van der Waals surface area contributed by atoms with Gasteiger partial charge in [0.2, 0.25) is 0 Å². The standard InChI is InChI=1S/C11H12N4S/c12-11(13)8-1-3-9(4-2-8)15-7-10-14-5-6-16-10/h1-6,15H,7H2,(H3,12,13). The molecule has 0 saturated heterocycles. The van der Waals surface area contributed by atoms with Crippen LogP contribution in [0.1, 0.15) is 10.6 Å². The van der Waals surface area contributed by atoms with Crippen molar-refractivity contribution in [3.8, 4) is 0 Å². The lowest BCUT2D eigenvalue weighted by Crippen LogP contribution is -2.10. The van der Waals surface area contributed by atoms with Crippen LogP contribution in [-0.4, -0.2) is 10.8 Å². The third-order valence-electron chi connectivity index (χ3n) is 2.12. The van der Waals surface area contributed by atoms with Crippen LogP contribution in [-0.2, 0) is 6.54 Å². The van der Waals surface area contributed by atoms with Crippen molar-refractivity contribution in [3.63, 3.8) is 0 Å². The maximum Gasteiger partial charge on any atom is 0.122 e. The molecule has 16 heavy (non-hydrogen) atoms. The molecule has 82 valence electrons. The molecule has 0 atom stereocenters.